The minimum absolute atomic E-state index is 0.103. The second-order valence-electron chi connectivity index (χ2n) is 4.91. The second kappa shape index (κ2) is 5.03. The summed E-state index contributed by atoms with van der Waals surface area (Å²) in [6.45, 7) is 1.58. The number of nitrogens with two attached hydrogens (primary N) is 1. The Hall–Kier alpha value is -2.09. The molecule has 1 aromatic carbocycles. The number of nitrogens with zero attached hydrogens (tertiary/aromatic N) is 4. The molecule has 1 aromatic heterocycles. The molecule has 3 rings (SSSR count). The average molecular weight is 297 g/mol. The lowest BCUT2D eigenvalue weighted by Gasteiger charge is -2.29. The first-order chi connectivity index (χ1) is 9.99. The molecule has 2 aromatic rings. The maximum Gasteiger partial charge on any atom is 0.416 e. The van der Waals surface area contributed by atoms with E-state index in [4.69, 9.17) is 5.73 Å². The molecule has 2 N–H and O–H groups in total. The molecule has 112 valence electrons. The highest BCUT2D eigenvalue weighted by Crippen LogP contribution is 2.35. The van der Waals surface area contributed by atoms with Gasteiger partial charge in [0.15, 0.2) is 5.82 Å². The van der Waals surface area contributed by atoms with Gasteiger partial charge in [0.05, 0.1) is 12.1 Å². The predicted octanol–water partition coefficient (Wildman–Crippen LogP) is 1.78. The molecule has 8 heteroatoms. The maximum absolute atomic E-state index is 13.1. The Kier molecular flexibility index (Phi) is 3.32. The molecule has 0 atom stereocenters. The standard InChI is InChI=1S/C13H14F3N5/c14-13(15,16)11-5-10(2-1-9(11)6-17)20-3-4-21-8-18-19-12(21)7-20/h1-2,5,8H,3-4,6-7,17H2. The maximum atomic E-state index is 13.1. The van der Waals surface area contributed by atoms with Gasteiger partial charge in [0.1, 0.15) is 6.33 Å². The molecule has 0 unspecified atom stereocenters. The van der Waals surface area contributed by atoms with E-state index in [2.05, 4.69) is 10.2 Å². The van der Waals surface area contributed by atoms with Gasteiger partial charge in [-0.05, 0) is 17.7 Å². The summed E-state index contributed by atoms with van der Waals surface area (Å²) in [6.07, 6.45) is -2.77. The molecule has 1 aliphatic heterocycles. The normalized spacial score (nSPS) is 15.1. The number of halogens is 3. The van der Waals surface area contributed by atoms with Crippen LogP contribution >= 0.6 is 0 Å². The molecule has 0 aliphatic carbocycles. The number of hydrogen-bond acceptors (Lipinski definition) is 4. The molecule has 1 aliphatic rings. The summed E-state index contributed by atoms with van der Waals surface area (Å²) in [5.41, 5.74) is 5.34. The molecule has 0 fully saturated rings. The van der Waals surface area contributed by atoms with Crippen molar-refractivity contribution in [3.05, 3.63) is 41.5 Å². The van der Waals surface area contributed by atoms with Gasteiger partial charge in [0.25, 0.3) is 0 Å². The molecule has 21 heavy (non-hydrogen) atoms. The van der Waals surface area contributed by atoms with Crippen molar-refractivity contribution in [2.45, 2.75) is 25.8 Å². The second-order valence-corrected chi connectivity index (χ2v) is 4.91. The molecule has 0 radical (unpaired) electrons. The van der Waals surface area contributed by atoms with Crippen LogP contribution in [0.5, 0.6) is 0 Å². The molecular weight excluding hydrogens is 283 g/mol. The third-order valence-electron chi connectivity index (χ3n) is 3.62. The fourth-order valence-electron chi connectivity index (χ4n) is 2.49. The molecule has 0 spiro atoms. The first-order valence-corrected chi connectivity index (χ1v) is 6.51. The van der Waals surface area contributed by atoms with Gasteiger partial charge >= 0.3 is 6.18 Å². The Morgan fingerprint density at radius 2 is 2.05 bits per heavy atom. The van der Waals surface area contributed by atoms with Crippen LogP contribution in [-0.4, -0.2) is 21.3 Å². The first-order valence-electron chi connectivity index (χ1n) is 6.51. The Labute approximate surface area is 119 Å². The van der Waals surface area contributed by atoms with E-state index in [1.54, 1.807) is 12.4 Å². The van der Waals surface area contributed by atoms with Gasteiger partial charge in [0.2, 0.25) is 0 Å². The van der Waals surface area contributed by atoms with Crippen molar-refractivity contribution < 1.29 is 13.2 Å². The summed E-state index contributed by atoms with van der Waals surface area (Å²) >= 11 is 0. The van der Waals surface area contributed by atoms with Crippen molar-refractivity contribution in [1.82, 2.24) is 14.8 Å². The zero-order valence-corrected chi connectivity index (χ0v) is 11.1. The number of anilines is 1. The molecule has 0 amide bonds. The van der Waals surface area contributed by atoms with Crippen LogP contribution < -0.4 is 10.6 Å². The van der Waals surface area contributed by atoms with Crippen LogP contribution in [0.2, 0.25) is 0 Å². The van der Waals surface area contributed by atoms with Gasteiger partial charge in [0, 0.05) is 25.3 Å². The fraction of sp³-hybridized carbons (Fsp3) is 0.385. The number of rotatable bonds is 2. The molecular formula is C13H14F3N5. The number of benzene rings is 1. The zero-order chi connectivity index (χ0) is 15.0. The van der Waals surface area contributed by atoms with Crippen LogP contribution in [0.3, 0.4) is 0 Å². The van der Waals surface area contributed by atoms with E-state index in [-0.39, 0.29) is 12.1 Å². The lowest BCUT2D eigenvalue weighted by atomic mass is 10.1. The number of aromatic nitrogens is 3. The van der Waals surface area contributed by atoms with Crippen molar-refractivity contribution in [3.63, 3.8) is 0 Å². The van der Waals surface area contributed by atoms with E-state index < -0.39 is 11.7 Å². The van der Waals surface area contributed by atoms with E-state index in [1.807, 2.05) is 9.47 Å². The van der Waals surface area contributed by atoms with Gasteiger partial charge < -0.3 is 15.2 Å². The lowest BCUT2D eigenvalue weighted by molar-refractivity contribution is -0.138. The van der Waals surface area contributed by atoms with E-state index in [9.17, 15) is 13.2 Å². The highest BCUT2D eigenvalue weighted by atomic mass is 19.4. The number of fused-ring (bicyclic) bond motifs is 1. The molecule has 2 heterocycles. The monoisotopic (exact) mass is 297 g/mol. The summed E-state index contributed by atoms with van der Waals surface area (Å²) in [4.78, 5) is 1.86. The van der Waals surface area contributed by atoms with Crippen LogP contribution in [0.4, 0.5) is 18.9 Å². The fourth-order valence-corrected chi connectivity index (χ4v) is 2.49. The largest absolute Gasteiger partial charge is 0.416 e. The van der Waals surface area contributed by atoms with Crippen LogP contribution in [0, 0.1) is 0 Å². The van der Waals surface area contributed by atoms with Crippen LogP contribution in [-0.2, 0) is 25.8 Å². The van der Waals surface area contributed by atoms with Gasteiger partial charge in [-0.3, -0.25) is 0 Å². The smallest absolute Gasteiger partial charge is 0.362 e. The number of hydrogen-bond donors (Lipinski definition) is 1. The molecule has 5 nitrogen and oxygen atoms in total. The topological polar surface area (TPSA) is 60.0 Å². The van der Waals surface area contributed by atoms with E-state index >= 15 is 0 Å². The Morgan fingerprint density at radius 3 is 2.76 bits per heavy atom. The summed E-state index contributed by atoms with van der Waals surface area (Å²) < 4.78 is 41.1. The summed E-state index contributed by atoms with van der Waals surface area (Å²) in [5.74, 6) is 0.748. The minimum atomic E-state index is -4.40. The molecule has 0 saturated carbocycles. The highest BCUT2D eigenvalue weighted by Gasteiger charge is 2.33. The Bertz CT molecular complexity index is 649. The Balaban J connectivity index is 1.93. The van der Waals surface area contributed by atoms with E-state index in [0.29, 0.717) is 25.3 Å². The van der Waals surface area contributed by atoms with Gasteiger partial charge in [-0.2, -0.15) is 13.2 Å². The van der Waals surface area contributed by atoms with Crippen LogP contribution in [0.1, 0.15) is 17.0 Å². The third-order valence-corrected chi connectivity index (χ3v) is 3.62. The van der Waals surface area contributed by atoms with Crippen molar-refractivity contribution in [2.75, 3.05) is 11.4 Å². The predicted molar refractivity (Wildman–Crippen MR) is 70.4 cm³/mol. The van der Waals surface area contributed by atoms with Gasteiger partial charge in [-0.1, -0.05) is 6.07 Å². The average Bonchev–Trinajstić information content (AvgIpc) is 2.93. The number of alkyl halides is 3. The third kappa shape index (κ3) is 2.58. The summed E-state index contributed by atoms with van der Waals surface area (Å²) in [6, 6.07) is 4.27. The van der Waals surface area contributed by atoms with Crippen LogP contribution in [0.25, 0.3) is 0 Å². The molecule has 0 saturated heterocycles. The van der Waals surface area contributed by atoms with Crippen LogP contribution in [0.15, 0.2) is 24.5 Å². The lowest BCUT2D eigenvalue weighted by Crippen LogP contribution is -2.33. The van der Waals surface area contributed by atoms with Gasteiger partial charge in [-0.15, -0.1) is 10.2 Å². The first kappa shape index (κ1) is 13.9. The Morgan fingerprint density at radius 1 is 1.24 bits per heavy atom. The van der Waals surface area contributed by atoms with Crippen molar-refractivity contribution >= 4 is 5.69 Å². The quantitative estimate of drug-likeness (QED) is 0.918. The van der Waals surface area contributed by atoms with Crippen molar-refractivity contribution in [2.24, 2.45) is 5.73 Å². The summed E-state index contributed by atoms with van der Waals surface area (Å²) in [7, 11) is 0. The van der Waals surface area contributed by atoms with Crippen molar-refractivity contribution in [1.29, 1.82) is 0 Å². The molecule has 0 bridgehead atoms. The van der Waals surface area contributed by atoms with Gasteiger partial charge in [-0.25, -0.2) is 0 Å². The zero-order valence-electron chi connectivity index (χ0n) is 11.1. The van der Waals surface area contributed by atoms with Crippen molar-refractivity contribution in [3.8, 4) is 0 Å². The van der Waals surface area contributed by atoms with E-state index in [0.717, 1.165) is 11.9 Å². The SMILES string of the molecule is NCc1ccc(N2CCn3cnnc3C2)cc1C(F)(F)F. The summed E-state index contributed by atoms with van der Waals surface area (Å²) in [5, 5.41) is 7.77. The highest BCUT2D eigenvalue weighted by molar-refractivity contribution is 5.52. The van der Waals surface area contributed by atoms with E-state index in [1.165, 1.54) is 6.07 Å². The minimum Gasteiger partial charge on any atom is -0.362 e.